The number of carbonyl (C=O) groups excluding carboxylic acids is 2. The molecule has 3 aromatic rings. The molecular formula is C23H24N4O3. The Labute approximate surface area is 175 Å². The highest BCUT2D eigenvalue weighted by Crippen LogP contribution is 2.27. The highest BCUT2D eigenvalue weighted by Gasteiger charge is 2.20. The van der Waals surface area contributed by atoms with Crippen LogP contribution in [0.25, 0.3) is 11.3 Å². The van der Waals surface area contributed by atoms with Crippen molar-refractivity contribution in [3.05, 3.63) is 65.4 Å². The van der Waals surface area contributed by atoms with Crippen molar-refractivity contribution in [1.29, 1.82) is 0 Å². The zero-order chi connectivity index (χ0) is 21.3. The summed E-state index contributed by atoms with van der Waals surface area (Å²) in [6, 6.07) is 12.6. The second-order valence-electron chi connectivity index (χ2n) is 7.60. The fourth-order valence-corrected chi connectivity index (χ4v) is 3.68. The second-order valence-corrected chi connectivity index (χ2v) is 7.60. The number of amides is 2. The van der Waals surface area contributed by atoms with Gasteiger partial charge >= 0.3 is 0 Å². The van der Waals surface area contributed by atoms with Crippen molar-refractivity contribution in [2.45, 2.75) is 26.3 Å². The van der Waals surface area contributed by atoms with E-state index in [1.807, 2.05) is 49.2 Å². The van der Waals surface area contributed by atoms with Crippen LogP contribution in [0.5, 0.6) is 5.75 Å². The number of phenolic OH excluding ortho intramolecular Hbond substituents is 1. The fraction of sp³-hybridized carbons (Fsp3) is 0.261. The van der Waals surface area contributed by atoms with E-state index in [1.54, 1.807) is 22.9 Å². The van der Waals surface area contributed by atoms with Gasteiger partial charge in [0.05, 0.1) is 11.9 Å². The van der Waals surface area contributed by atoms with Crippen LogP contribution >= 0.6 is 0 Å². The van der Waals surface area contributed by atoms with Gasteiger partial charge in [0.2, 0.25) is 11.9 Å². The molecule has 0 radical (unpaired) electrons. The van der Waals surface area contributed by atoms with E-state index in [4.69, 9.17) is 0 Å². The molecule has 7 heteroatoms. The molecule has 0 spiro atoms. The van der Waals surface area contributed by atoms with Gasteiger partial charge in [-0.2, -0.15) is 0 Å². The topological polar surface area (TPSA) is 87.5 Å². The molecule has 0 bridgehead atoms. The summed E-state index contributed by atoms with van der Waals surface area (Å²) in [5.41, 5.74) is 3.95. The first kappa shape index (κ1) is 19.7. The minimum atomic E-state index is -0.258. The summed E-state index contributed by atoms with van der Waals surface area (Å²) in [6.07, 6.45) is 3.18. The van der Waals surface area contributed by atoms with Gasteiger partial charge in [-0.3, -0.25) is 14.9 Å². The van der Waals surface area contributed by atoms with Crippen LogP contribution in [0.3, 0.4) is 0 Å². The van der Waals surface area contributed by atoms with Crippen molar-refractivity contribution < 1.29 is 14.7 Å². The summed E-state index contributed by atoms with van der Waals surface area (Å²) < 4.78 is 1.80. The molecule has 2 aromatic carbocycles. The lowest BCUT2D eigenvalue weighted by Crippen LogP contribution is -2.24. The number of phenols is 1. The monoisotopic (exact) mass is 404 g/mol. The third-order valence-electron chi connectivity index (χ3n) is 5.44. The molecule has 30 heavy (non-hydrogen) atoms. The number of nitrogens with zero attached hydrogens (tertiary/aromatic N) is 3. The molecule has 1 aliphatic rings. The smallest absolute Gasteiger partial charge is 0.257 e. The van der Waals surface area contributed by atoms with Gasteiger partial charge in [0.15, 0.2) is 0 Å². The molecule has 0 saturated carbocycles. The maximum Gasteiger partial charge on any atom is 0.257 e. The number of anilines is 1. The average molecular weight is 404 g/mol. The van der Waals surface area contributed by atoms with E-state index in [2.05, 4.69) is 10.3 Å². The molecule has 1 aromatic heterocycles. The summed E-state index contributed by atoms with van der Waals surface area (Å²) in [6.45, 7) is 3.12. The van der Waals surface area contributed by atoms with Crippen molar-refractivity contribution in [3.63, 3.8) is 0 Å². The summed E-state index contributed by atoms with van der Waals surface area (Å²) >= 11 is 0. The lowest BCUT2D eigenvalue weighted by atomic mass is 10.1. The van der Waals surface area contributed by atoms with Crippen LogP contribution in [0.4, 0.5) is 5.95 Å². The van der Waals surface area contributed by atoms with Crippen molar-refractivity contribution in [1.82, 2.24) is 14.5 Å². The number of hydrogen-bond donors (Lipinski definition) is 2. The largest absolute Gasteiger partial charge is 0.508 e. The maximum absolute atomic E-state index is 12.8. The van der Waals surface area contributed by atoms with Gasteiger partial charge in [-0.25, -0.2) is 4.98 Å². The minimum absolute atomic E-state index is 0.162. The standard InChI is InChI=1S/C23H24N4O3/c1-15-11-17(8-9-20(15)28)19-13-24-23(26(19)2)25-22(30)18-6-3-5-16(12-18)14-27-10-4-7-21(27)29/h3,5-6,8-9,11-13,28H,4,7,10,14H2,1-2H3,(H,24,25,30). The van der Waals surface area contributed by atoms with Gasteiger partial charge in [-0.15, -0.1) is 0 Å². The van der Waals surface area contributed by atoms with Gasteiger partial charge in [0.1, 0.15) is 5.75 Å². The predicted molar refractivity (Wildman–Crippen MR) is 114 cm³/mol. The third-order valence-corrected chi connectivity index (χ3v) is 5.44. The zero-order valence-electron chi connectivity index (χ0n) is 17.1. The number of nitrogens with one attached hydrogen (secondary N) is 1. The molecule has 2 N–H and O–H groups in total. The quantitative estimate of drug-likeness (QED) is 0.682. The number of aromatic hydroxyl groups is 1. The van der Waals surface area contributed by atoms with Crippen LogP contribution in [-0.2, 0) is 18.4 Å². The normalized spacial score (nSPS) is 13.7. The summed E-state index contributed by atoms with van der Waals surface area (Å²) in [5.74, 6) is 0.576. The SMILES string of the molecule is Cc1cc(-c2cnc(NC(=O)c3cccc(CN4CCCC4=O)c3)n2C)ccc1O. The minimum Gasteiger partial charge on any atom is -0.508 e. The summed E-state index contributed by atoms with van der Waals surface area (Å²) in [7, 11) is 1.83. The molecule has 2 heterocycles. The maximum atomic E-state index is 12.8. The van der Waals surface area contributed by atoms with Crippen molar-refractivity contribution in [2.75, 3.05) is 11.9 Å². The molecule has 0 unspecified atom stereocenters. The third kappa shape index (κ3) is 3.91. The summed E-state index contributed by atoms with van der Waals surface area (Å²) in [5, 5.41) is 12.6. The van der Waals surface area contributed by atoms with E-state index in [0.717, 1.165) is 35.3 Å². The number of carbonyl (C=O) groups is 2. The molecule has 1 fully saturated rings. The number of rotatable bonds is 5. The average Bonchev–Trinajstić information content (AvgIpc) is 3.30. The predicted octanol–water partition coefficient (Wildman–Crippen LogP) is 3.48. The molecule has 1 aliphatic heterocycles. The van der Waals surface area contributed by atoms with Crippen molar-refractivity contribution >= 4 is 17.8 Å². The van der Waals surface area contributed by atoms with Crippen LogP contribution in [0, 0.1) is 6.92 Å². The molecule has 1 saturated heterocycles. The fourth-order valence-electron chi connectivity index (χ4n) is 3.68. The Morgan fingerprint density at radius 2 is 2.07 bits per heavy atom. The van der Waals surface area contributed by atoms with Crippen LogP contribution in [0.15, 0.2) is 48.7 Å². The van der Waals surface area contributed by atoms with E-state index >= 15 is 0 Å². The van der Waals surface area contributed by atoms with E-state index in [9.17, 15) is 14.7 Å². The van der Waals surface area contributed by atoms with Crippen LogP contribution in [0.1, 0.15) is 34.3 Å². The Morgan fingerprint density at radius 1 is 1.23 bits per heavy atom. The molecule has 7 nitrogen and oxygen atoms in total. The molecule has 4 rings (SSSR count). The molecule has 0 aliphatic carbocycles. The van der Waals surface area contributed by atoms with E-state index in [-0.39, 0.29) is 17.6 Å². The molecular weight excluding hydrogens is 380 g/mol. The van der Waals surface area contributed by atoms with Gasteiger partial charge in [0, 0.05) is 37.7 Å². The van der Waals surface area contributed by atoms with E-state index in [1.165, 1.54) is 0 Å². The van der Waals surface area contributed by atoms with E-state index in [0.29, 0.717) is 24.5 Å². The number of hydrogen-bond acceptors (Lipinski definition) is 4. The highest BCUT2D eigenvalue weighted by atomic mass is 16.3. The number of imidazole rings is 1. The zero-order valence-corrected chi connectivity index (χ0v) is 17.1. The molecule has 2 amide bonds. The Bertz CT molecular complexity index is 1120. The van der Waals surface area contributed by atoms with Crippen LogP contribution < -0.4 is 5.32 Å². The highest BCUT2D eigenvalue weighted by molar-refractivity contribution is 6.03. The first-order chi connectivity index (χ1) is 14.4. The number of benzene rings is 2. The van der Waals surface area contributed by atoms with Crippen molar-refractivity contribution in [3.8, 4) is 17.0 Å². The Hall–Kier alpha value is -3.61. The number of aryl methyl sites for hydroxylation is 1. The Balaban J connectivity index is 1.50. The molecule has 154 valence electrons. The van der Waals surface area contributed by atoms with Gasteiger partial charge in [0.25, 0.3) is 5.91 Å². The van der Waals surface area contributed by atoms with Gasteiger partial charge in [-0.1, -0.05) is 12.1 Å². The number of aromatic nitrogens is 2. The van der Waals surface area contributed by atoms with Crippen LogP contribution in [0.2, 0.25) is 0 Å². The van der Waals surface area contributed by atoms with Crippen molar-refractivity contribution in [2.24, 2.45) is 7.05 Å². The Morgan fingerprint density at radius 3 is 2.80 bits per heavy atom. The summed E-state index contributed by atoms with van der Waals surface area (Å²) in [4.78, 5) is 30.8. The number of likely N-dealkylation sites (tertiary alicyclic amines) is 1. The lowest BCUT2D eigenvalue weighted by molar-refractivity contribution is -0.128. The first-order valence-corrected chi connectivity index (χ1v) is 9.92. The first-order valence-electron chi connectivity index (χ1n) is 9.92. The second kappa shape index (κ2) is 8.02. The lowest BCUT2D eigenvalue weighted by Gasteiger charge is -2.16. The van der Waals surface area contributed by atoms with Gasteiger partial charge < -0.3 is 14.6 Å². The van der Waals surface area contributed by atoms with E-state index < -0.39 is 0 Å². The van der Waals surface area contributed by atoms with Gasteiger partial charge in [-0.05, 0) is 54.8 Å². The Kier molecular flexibility index (Phi) is 5.27. The molecule has 0 atom stereocenters. The van der Waals surface area contributed by atoms with Crippen LogP contribution in [-0.4, -0.2) is 37.9 Å².